The van der Waals surface area contributed by atoms with Crippen molar-refractivity contribution in [2.24, 2.45) is 5.92 Å². The number of rotatable bonds is 2. The van der Waals surface area contributed by atoms with E-state index in [-0.39, 0.29) is 18.4 Å². The van der Waals surface area contributed by atoms with Crippen LogP contribution >= 0.6 is 0 Å². The lowest BCUT2D eigenvalue weighted by molar-refractivity contribution is -0.137. The summed E-state index contributed by atoms with van der Waals surface area (Å²) in [6.07, 6.45) is 2.09. The van der Waals surface area contributed by atoms with Crippen LogP contribution in [0.2, 0.25) is 0 Å². The Morgan fingerprint density at radius 1 is 1.05 bits per heavy atom. The number of benzene rings is 1. The van der Waals surface area contributed by atoms with Crippen LogP contribution in [0.3, 0.4) is 0 Å². The van der Waals surface area contributed by atoms with E-state index in [1.165, 1.54) is 0 Å². The Morgan fingerprint density at radius 3 is 2.45 bits per heavy atom. The fourth-order valence-corrected chi connectivity index (χ4v) is 2.12. The van der Waals surface area contributed by atoms with E-state index in [9.17, 15) is 9.59 Å². The van der Waals surface area contributed by atoms with Crippen LogP contribution in [0.25, 0.3) is 0 Å². The lowest BCUT2D eigenvalue weighted by atomic mass is 9.85. The van der Waals surface area contributed by atoms with Crippen LogP contribution in [0.15, 0.2) is 24.3 Å². The van der Waals surface area contributed by atoms with Gasteiger partial charge in [0.25, 0.3) is 5.91 Å². The van der Waals surface area contributed by atoms with Crippen LogP contribution in [0.1, 0.15) is 19.3 Å². The number of carbonyl (C=O) groups excluding carboxylic acids is 2. The maximum Gasteiger partial charge on any atom is 0.283 e. The van der Waals surface area contributed by atoms with Gasteiger partial charge in [-0.2, -0.15) is 0 Å². The minimum Gasteiger partial charge on any atom is -0.485 e. The maximum absolute atomic E-state index is 11.9. The second kappa shape index (κ2) is 5.40. The molecule has 1 aromatic carbocycles. The van der Waals surface area contributed by atoms with E-state index in [2.05, 4.69) is 10.9 Å². The van der Waals surface area contributed by atoms with Crippen molar-refractivity contribution in [3.05, 3.63) is 24.3 Å². The van der Waals surface area contributed by atoms with E-state index in [0.717, 1.165) is 19.3 Å². The molecule has 106 valence electrons. The molecule has 1 aromatic rings. The summed E-state index contributed by atoms with van der Waals surface area (Å²) in [6.45, 7) is 0.127. The van der Waals surface area contributed by atoms with Crippen LogP contribution in [-0.2, 0) is 9.59 Å². The Bertz CT molecular complexity index is 528. The summed E-state index contributed by atoms with van der Waals surface area (Å²) < 4.78 is 11.0. The first-order valence-electron chi connectivity index (χ1n) is 6.72. The summed E-state index contributed by atoms with van der Waals surface area (Å²) in [6, 6.07) is 7.16. The Kier molecular flexibility index (Phi) is 3.45. The van der Waals surface area contributed by atoms with Gasteiger partial charge < -0.3 is 9.47 Å². The van der Waals surface area contributed by atoms with Gasteiger partial charge >= 0.3 is 0 Å². The zero-order valence-electron chi connectivity index (χ0n) is 10.9. The Morgan fingerprint density at radius 2 is 1.75 bits per heavy atom. The third-order valence-electron chi connectivity index (χ3n) is 3.59. The van der Waals surface area contributed by atoms with E-state index in [1.807, 2.05) is 6.07 Å². The predicted molar refractivity (Wildman–Crippen MR) is 70.0 cm³/mol. The van der Waals surface area contributed by atoms with Crippen molar-refractivity contribution in [1.82, 2.24) is 10.9 Å². The SMILES string of the molecule is O=C(NNC(=O)[C@H]1COc2ccccc2O1)C1CCC1. The maximum atomic E-state index is 11.9. The van der Waals surface area contributed by atoms with E-state index >= 15 is 0 Å². The average molecular weight is 276 g/mol. The smallest absolute Gasteiger partial charge is 0.283 e. The molecule has 0 spiro atoms. The number of carbonyl (C=O) groups is 2. The molecule has 20 heavy (non-hydrogen) atoms. The van der Waals surface area contributed by atoms with Crippen molar-refractivity contribution >= 4 is 11.8 Å². The molecule has 2 amide bonds. The van der Waals surface area contributed by atoms with Crippen molar-refractivity contribution in [3.63, 3.8) is 0 Å². The fourth-order valence-electron chi connectivity index (χ4n) is 2.12. The molecule has 3 rings (SSSR count). The summed E-state index contributed by atoms with van der Waals surface area (Å²) in [5.41, 5.74) is 4.82. The number of hydrazine groups is 1. The minimum atomic E-state index is -0.758. The van der Waals surface area contributed by atoms with Gasteiger partial charge in [0.1, 0.15) is 6.61 Å². The fraction of sp³-hybridized carbons (Fsp3) is 0.429. The summed E-state index contributed by atoms with van der Waals surface area (Å²) in [7, 11) is 0. The highest BCUT2D eigenvalue weighted by Gasteiger charge is 2.29. The molecule has 6 heteroatoms. The molecule has 0 unspecified atom stereocenters. The molecule has 0 saturated heterocycles. The number of para-hydroxylation sites is 2. The second-order valence-electron chi connectivity index (χ2n) is 4.97. The van der Waals surface area contributed by atoms with E-state index < -0.39 is 12.0 Å². The van der Waals surface area contributed by atoms with Gasteiger partial charge in [0.2, 0.25) is 12.0 Å². The molecular weight excluding hydrogens is 260 g/mol. The van der Waals surface area contributed by atoms with Crippen LogP contribution < -0.4 is 20.3 Å². The van der Waals surface area contributed by atoms with Crippen LogP contribution in [0.4, 0.5) is 0 Å². The number of ether oxygens (including phenoxy) is 2. The second-order valence-corrected chi connectivity index (χ2v) is 4.97. The first-order chi connectivity index (χ1) is 9.74. The topological polar surface area (TPSA) is 76.7 Å². The van der Waals surface area contributed by atoms with Crippen molar-refractivity contribution in [2.45, 2.75) is 25.4 Å². The zero-order valence-corrected chi connectivity index (χ0v) is 10.9. The van der Waals surface area contributed by atoms with Crippen molar-refractivity contribution < 1.29 is 19.1 Å². The molecule has 1 saturated carbocycles. The zero-order chi connectivity index (χ0) is 13.9. The number of hydrogen-bond donors (Lipinski definition) is 2. The standard InChI is InChI=1S/C14H16N2O4/c17-13(9-4-3-5-9)15-16-14(18)12-8-19-10-6-1-2-7-11(10)20-12/h1-2,6-7,9,12H,3-5,8H2,(H,15,17)(H,16,18)/t12-/m1/s1. The highest BCUT2D eigenvalue weighted by molar-refractivity contribution is 5.86. The number of amides is 2. The van der Waals surface area contributed by atoms with Crippen molar-refractivity contribution in [3.8, 4) is 11.5 Å². The van der Waals surface area contributed by atoms with E-state index in [0.29, 0.717) is 11.5 Å². The molecule has 1 heterocycles. The Hall–Kier alpha value is -2.24. The molecular formula is C14H16N2O4. The molecule has 0 bridgehead atoms. The lowest BCUT2D eigenvalue weighted by Gasteiger charge is -2.27. The molecule has 2 N–H and O–H groups in total. The highest BCUT2D eigenvalue weighted by atomic mass is 16.6. The van der Waals surface area contributed by atoms with Gasteiger partial charge in [0.15, 0.2) is 11.5 Å². The third kappa shape index (κ3) is 2.54. The van der Waals surface area contributed by atoms with Gasteiger partial charge in [-0.15, -0.1) is 0 Å². The van der Waals surface area contributed by atoms with Crippen LogP contribution in [-0.4, -0.2) is 24.5 Å². The monoisotopic (exact) mass is 276 g/mol. The number of nitrogens with one attached hydrogen (secondary N) is 2. The van der Waals surface area contributed by atoms with Crippen LogP contribution in [0.5, 0.6) is 11.5 Å². The lowest BCUT2D eigenvalue weighted by Crippen LogP contribution is -2.52. The van der Waals surface area contributed by atoms with E-state index in [4.69, 9.17) is 9.47 Å². The first-order valence-corrected chi connectivity index (χ1v) is 6.72. The van der Waals surface area contributed by atoms with Crippen molar-refractivity contribution in [1.29, 1.82) is 0 Å². The normalized spacial score (nSPS) is 20.7. The van der Waals surface area contributed by atoms with Crippen LogP contribution in [0, 0.1) is 5.92 Å². The van der Waals surface area contributed by atoms with Gasteiger partial charge in [-0.05, 0) is 25.0 Å². The quantitative estimate of drug-likeness (QED) is 0.782. The summed E-state index contributed by atoms with van der Waals surface area (Å²) >= 11 is 0. The van der Waals surface area contributed by atoms with Gasteiger partial charge in [-0.1, -0.05) is 18.6 Å². The average Bonchev–Trinajstić information content (AvgIpc) is 2.42. The third-order valence-corrected chi connectivity index (χ3v) is 3.59. The van der Waals surface area contributed by atoms with Gasteiger partial charge in [0.05, 0.1) is 0 Å². The molecule has 1 aliphatic carbocycles. The molecule has 1 atom stereocenters. The van der Waals surface area contributed by atoms with Gasteiger partial charge in [-0.3, -0.25) is 20.4 Å². The Balaban J connectivity index is 1.52. The summed E-state index contributed by atoms with van der Waals surface area (Å²) in [4.78, 5) is 23.5. The van der Waals surface area contributed by atoms with Crippen molar-refractivity contribution in [2.75, 3.05) is 6.61 Å². The predicted octanol–water partition coefficient (Wildman–Crippen LogP) is 0.774. The molecule has 1 aliphatic heterocycles. The molecule has 6 nitrogen and oxygen atoms in total. The summed E-state index contributed by atoms with van der Waals surface area (Å²) in [5.74, 6) is 0.632. The number of fused-ring (bicyclic) bond motifs is 1. The van der Waals surface area contributed by atoms with E-state index in [1.54, 1.807) is 18.2 Å². The first kappa shape index (κ1) is 12.8. The summed E-state index contributed by atoms with van der Waals surface area (Å²) in [5, 5.41) is 0. The van der Waals surface area contributed by atoms with Gasteiger partial charge in [-0.25, -0.2) is 0 Å². The molecule has 0 aromatic heterocycles. The number of hydrogen-bond acceptors (Lipinski definition) is 4. The van der Waals surface area contributed by atoms with Gasteiger partial charge in [0, 0.05) is 5.92 Å². The molecule has 0 radical (unpaired) electrons. The largest absolute Gasteiger partial charge is 0.485 e. The Labute approximate surface area is 116 Å². The minimum absolute atomic E-state index is 0.0274. The molecule has 1 fully saturated rings. The molecule has 2 aliphatic rings. The highest BCUT2D eigenvalue weighted by Crippen LogP contribution is 2.30.